The second-order valence-corrected chi connectivity index (χ2v) is 4.08. The van der Waals surface area contributed by atoms with Gasteiger partial charge in [-0.3, -0.25) is 4.98 Å². The fraction of sp³-hybridized carbons (Fsp3) is 0.154. The van der Waals surface area contributed by atoms with Gasteiger partial charge < -0.3 is 5.32 Å². The quantitative estimate of drug-likeness (QED) is 0.902. The van der Waals surface area contributed by atoms with E-state index >= 15 is 0 Å². The number of rotatable bonds is 4. The lowest BCUT2D eigenvalue weighted by atomic mass is 10.2. The number of nitrogens with zero attached hydrogens (tertiary/aromatic N) is 1. The third-order valence-corrected chi connectivity index (χ3v) is 2.68. The predicted molar refractivity (Wildman–Crippen MR) is 66.2 cm³/mol. The Labute approximate surface area is 104 Å². The second kappa shape index (κ2) is 5.75. The molecule has 0 spiro atoms. The normalized spacial score (nSPS) is 10.5. The van der Waals surface area contributed by atoms with Crippen LogP contribution in [0.25, 0.3) is 0 Å². The molecule has 2 rings (SSSR count). The summed E-state index contributed by atoms with van der Waals surface area (Å²) in [5, 5.41) is 3.56. The molecule has 2 nitrogen and oxygen atoms in total. The average Bonchev–Trinajstić information content (AvgIpc) is 2.33. The first-order valence-corrected chi connectivity index (χ1v) is 5.68. The van der Waals surface area contributed by atoms with Crippen molar-refractivity contribution in [2.75, 3.05) is 0 Å². The Hall–Kier alpha value is -1.45. The van der Waals surface area contributed by atoms with Gasteiger partial charge in [0.1, 0.15) is 5.82 Å². The van der Waals surface area contributed by atoms with Crippen molar-refractivity contribution in [3.05, 3.63) is 64.7 Å². The molecule has 0 aliphatic heterocycles. The number of pyridine rings is 1. The molecule has 0 atom stereocenters. The predicted octanol–water partition coefficient (Wildman–Crippen LogP) is 3.16. The van der Waals surface area contributed by atoms with Crippen LogP contribution in [0.15, 0.2) is 42.6 Å². The Bertz CT molecular complexity index is 488. The van der Waals surface area contributed by atoms with Gasteiger partial charge in [-0.15, -0.1) is 0 Å². The first kappa shape index (κ1) is 12.0. The second-order valence-electron chi connectivity index (χ2n) is 3.67. The molecular formula is C13H12ClFN2. The third-order valence-electron chi connectivity index (χ3n) is 2.35. The highest BCUT2D eigenvalue weighted by Gasteiger charge is 2.03. The van der Waals surface area contributed by atoms with Crippen molar-refractivity contribution in [3.63, 3.8) is 0 Å². The molecule has 0 fully saturated rings. The van der Waals surface area contributed by atoms with E-state index in [2.05, 4.69) is 10.3 Å². The average molecular weight is 251 g/mol. The van der Waals surface area contributed by atoms with Crippen LogP contribution in [0.4, 0.5) is 4.39 Å². The molecule has 88 valence electrons. The van der Waals surface area contributed by atoms with Gasteiger partial charge in [0, 0.05) is 13.1 Å². The smallest absolute Gasteiger partial charge is 0.142 e. The van der Waals surface area contributed by atoms with Gasteiger partial charge >= 0.3 is 0 Å². The van der Waals surface area contributed by atoms with E-state index in [1.165, 1.54) is 17.8 Å². The first-order chi connectivity index (χ1) is 8.25. The molecule has 1 N–H and O–H groups in total. The van der Waals surface area contributed by atoms with Crippen molar-refractivity contribution >= 4 is 11.6 Å². The zero-order valence-corrected chi connectivity index (χ0v) is 9.91. The minimum atomic E-state index is -0.415. The van der Waals surface area contributed by atoms with Crippen LogP contribution >= 0.6 is 11.6 Å². The van der Waals surface area contributed by atoms with E-state index in [1.807, 2.05) is 30.3 Å². The monoisotopic (exact) mass is 250 g/mol. The largest absolute Gasteiger partial charge is 0.307 e. The summed E-state index contributed by atoms with van der Waals surface area (Å²) in [5.74, 6) is -0.415. The van der Waals surface area contributed by atoms with Gasteiger partial charge in [-0.1, -0.05) is 41.9 Å². The number of aromatic nitrogens is 1. The molecule has 0 saturated heterocycles. The zero-order valence-electron chi connectivity index (χ0n) is 9.16. The molecule has 1 aromatic carbocycles. The molecule has 17 heavy (non-hydrogen) atoms. The molecule has 4 heteroatoms. The van der Waals surface area contributed by atoms with E-state index in [4.69, 9.17) is 11.6 Å². The van der Waals surface area contributed by atoms with E-state index in [0.717, 1.165) is 6.54 Å². The molecule has 0 bridgehead atoms. The summed E-state index contributed by atoms with van der Waals surface area (Å²) in [5.41, 5.74) is 1.84. The van der Waals surface area contributed by atoms with Gasteiger partial charge in [0.15, 0.2) is 0 Å². The molecular weight excluding hydrogens is 239 g/mol. The maximum Gasteiger partial charge on any atom is 0.142 e. The van der Waals surface area contributed by atoms with Crippen molar-refractivity contribution in [2.24, 2.45) is 0 Å². The lowest BCUT2D eigenvalue weighted by Gasteiger charge is -2.06. The summed E-state index contributed by atoms with van der Waals surface area (Å²) in [6.07, 6.45) is 1.17. The van der Waals surface area contributed by atoms with Crippen molar-refractivity contribution in [1.29, 1.82) is 0 Å². The van der Waals surface area contributed by atoms with Crippen LogP contribution in [0.3, 0.4) is 0 Å². The zero-order chi connectivity index (χ0) is 12.1. The summed E-state index contributed by atoms with van der Waals surface area (Å²) in [7, 11) is 0. The highest BCUT2D eigenvalue weighted by atomic mass is 35.5. The number of hydrogen-bond acceptors (Lipinski definition) is 2. The Morgan fingerprint density at radius 2 is 1.94 bits per heavy atom. The molecule has 0 amide bonds. The van der Waals surface area contributed by atoms with Gasteiger partial charge in [-0.25, -0.2) is 4.39 Å². The Morgan fingerprint density at radius 1 is 1.18 bits per heavy atom. The van der Waals surface area contributed by atoms with Crippen LogP contribution < -0.4 is 5.32 Å². The summed E-state index contributed by atoms with van der Waals surface area (Å²) >= 11 is 5.87. The number of halogens is 2. The minimum absolute atomic E-state index is 0.352. The third kappa shape index (κ3) is 3.51. The summed E-state index contributed by atoms with van der Waals surface area (Å²) < 4.78 is 12.8. The van der Waals surface area contributed by atoms with Crippen molar-refractivity contribution in [1.82, 2.24) is 10.3 Å². The summed E-state index contributed by atoms with van der Waals surface area (Å²) in [6, 6.07) is 11.3. The van der Waals surface area contributed by atoms with Crippen LogP contribution in [-0.2, 0) is 13.1 Å². The molecule has 0 saturated carbocycles. The lowest BCUT2D eigenvalue weighted by Crippen LogP contribution is -2.14. The van der Waals surface area contributed by atoms with Gasteiger partial charge in [-0.05, 0) is 11.6 Å². The number of benzene rings is 1. The van der Waals surface area contributed by atoms with Crippen LogP contribution in [0.2, 0.25) is 5.02 Å². The fourth-order valence-corrected chi connectivity index (χ4v) is 1.71. The van der Waals surface area contributed by atoms with E-state index in [0.29, 0.717) is 17.3 Å². The standard InChI is InChI=1S/C13H12ClFN2/c14-12-6-11(15)8-17-13(12)9-16-7-10-4-2-1-3-5-10/h1-6,8,16H,7,9H2. The molecule has 1 aromatic heterocycles. The van der Waals surface area contributed by atoms with E-state index in [1.54, 1.807) is 0 Å². The highest BCUT2D eigenvalue weighted by molar-refractivity contribution is 6.31. The topological polar surface area (TPSA) is 24.9 Å². The molecule has 0 unspecified atom stereocenters. The van der Waals surface area contributed by atoms with Gasteiger partial charge in [0.25, 0.3) is 0 Å². The van der Waals surface area contributed by atoms with Crippen molar-refractivity contribution < 1.29 is 4.39 Å². The van der Waals surface area contributed by atoms with Crippen LogP contribution in [0, 0.1) is 5.82 Å². The van der Waals surface area contributed by atoms with E-state index in [9.17, 15) is 4.39 Å². The van der Waals surface area contributed by atoms with Crippen LogP contribution in [0.1, 0.15) is 11.3 Å². The fourth-order valence-electron chi connectivity index (χ4n) is 1.49. The molecule has 1 heterocycles. The maximum atomic E-state index is 12.8. The number of nitrogens with one attached hydrogen (secondary N) is 1. The van der Waals surface area contributed by atoms with Crippen molar-refractivity contribution in [2.45, 2.75) is 13.1 Å². The lowest BCUT2D eigenvalue weighted by molar-refractivity contribution is 0.614. The van der Waals surface area contributed by atoms with Gasteiger partial charge in [0.2, 0.25) is 0 Å². The van der Waals surface area contributed by atoms with E-state index in [-0.39, 0.29) is 0 Å². The Morgan fingerprint density at radius 3 is 2.65 bits per heavy atom. The molecule has 0 aliphatic rings. The Kier molecular flexibility index (Phi) is 4.07. The molecule has 0 radical (unpaired) electrons. The molecule has 0 aliphatic carbocycles. The summed E-state index contributed by atoms with van der Waals surface area (Å²) in [6.45, 7) is 1.25. The summed E-state index contributed by atoms with van der Waals surface area (Å²) in [4.78, 5) is 3.94. The van der Waals surface area contributed by atoms with Gasteiger partial charge in [0.05, 0.1) is 16.9 Å². The van der Waals surface area contributed by atoms with Gasteiger partial charge in [-0.2, -0.15) is 0 Å². The van der Waals surface area contributed by atoms with Crippen LogP contribution in [-0.4, -0.2) is 4.98 Å². The number of hydrogen-bond donors (Lipinski definition) is 1. The van der Waals surface area contributed by atoms with Crippen molar-refractivity contribution in [3.8, 4) is 0 Å². The van der Waals surface area contributed by atoms with E-state index < -0.39 is 5.82 Å². The minimum Gasteiger partial charge on any atom is -0.307 e. The SMILES string of the molecule is Fc1cnc(CNCc2ccccc2)c(Cl)c1. The Balaban J connectivity index is 1.90. The highest BCUT2D eigenvalue weighted by Crippen LogP contribution is 2.14. The first-order valence-electron chi connectivity index (χ1n) is 5.30. The molecule has 2 aromatic rings. The van der Waals surface area contributed by atoms with Crippen LogP contribution in [0.5, 0.6) is 0 Å². The maximum absolute atomic E-state index is 12.8.